The molecule has 0 aliphatic carbocycles. The number of hydrogen-bond acceptors (Lipinski definition) is 2. The molecular weight excluding hydrogens is 216 g/mol. The van der Waals surface area contributed by atoms with E-state index in [1.54, 1.807) is 18.9 Å². The van der Waals surface area contributed by atoms with Crippen molar-refractivity contribution in [3.8, 4) is 0 Å². The van der Waals surface area contributed by atoms with Gasteiger partial charge in [0.15, 0.2) is 0 Å². The third kappa shape index (κ3) is 4.68. The molecule has 1 N–H and O–H groups in total. The molecule has 4 heteroatoms. The molecule has 1 aromatic rings. The predicted octanol–water partition coefficient (Wildman–Crippen LogP) is 1.17. The van der Waals surface area contributed by atoms with Gasteiger partial charge in [-0.2, -0.15) is 0 Å². The van der Waals surface area contributed by atoms with E-state index < -0.39 is 0 Å². The van der Waals surface area contributed by atoms with Crippen molar-refractivity contribution in [1.29, 1.82) is 0 Å². The minimum atomic E-state index is -0.105. The summed E-state index contributed by atoms with van der Waals surface area (Å²) in [6.45, 7) is 2.38. The summed E-state index contributed by atoms with van der Waals surface area (Å²) in [6.07, 6.45) is 0.398. The minimum absolute atomic E-state index is 0.0655. The number of carbonyl (C=O) groups is 2. The van der Waals surface area contributed by atoms with Crippen molar-refractivity contribution in [3.05, 3.63) is 35.9 Å². The first kappa shape index (κ1) is 13.2. The number of likely N-dealkylation sites (N-methyl/N-ethyl adjacent to an activating group) is 1. The Bertz CT molecular complexity index is 376. The fourth-order valence-electron chi connectivity index (χ4n) is 1.38. The van der Waals surface area contributed by atoms with Crippen LogP contribution in [0, 0.1) is 0 Å². The van der Waals surface area contributed by atoms with Crippen LogP contribution in [0.2, 0.25) is 0 Å². The van der Waals surface area contributed by atoms with Crippen LogP contribution >= 0.6 is 0 Å². The van der Waals surface area contributed by atoms with Crippen molar-refractivity contribution in [2.75, 3.05) is 13.6 Å². The van der Waals surface area contributed by atoms with E-state index in [0.717, 1.165) is 5.56 Å². The Morgan fingerprint density at radius 2 is 1.88 bits per heavy atom. The van der Waals surface area contributed by atoms with Crippen LogP contribution < -0.4 is 5.32 Å². The number of rotatable bonds is 5. The molecule has 0 aliphatic rings. The Hall–Kier alpha value is -1.84. The fourth-order valence-corrected chi connectivity index (χ4v) is 1.38. The maximum atomic E-state index is 11.7. The zero-order valence-corrected chi connectivity index (χ0v) is 10.3. The Morgan fingerprint density at radius 3 is 2.47 bits per heavy atom. The van der Waals surface area contributed by atoms with Crippen molar-refractivity contribution < 1.29 is 9.59 Å². The standard InChI is InChI=1S/C13H18N2O2/c1-3-12(16)14-9-13(17)15(2)10-11-7-5-4-6-8-11/h4-8H,3,9-10H2,1-2H3,(H,14,16). The van der Waals surface area contributed by atoms with E-state index in [2.05, 4.69) is 5.32 Å². The van der Waals surface area contributed by atoms with Gasteiger partial charge in [0.05, 0.1) is 6.54 Å². The molecule has 92 valence electrons. The van der Waals surface area contributed by atoms with Gasteiger partial charge >= 0.3 is 0 Å². The monoisotopic (exact) mass is 234 g/mol. The molecule has 0 aromatic heterocycles. The first-order valence-corrected chi connectivity index (χ1v) is 5.68. The molecule has 0 heterocycles. The molecule has 0 saturated carbocycles. The van der Waals surface area contributed by atoms with Crippen LogP contribution in [0.3, 0.4) is 0 Å². The average molecular weight is 234 g/mol. The van der Waals surface area contributed by atoms with Crippen LogP contribution in [0.4, 0.5) is 0 Å². The maximum absolute atomic E-state index is 11.7. The van der Waals surface area contributed by atoms with Gasteiger partial charge in [-0.05, 0) is 5.56 Å². The lowest BCUT2D eigenvalue weighted by molar-refractivity contribution is -0.132. The molecule has 0 radical (unpaired) electrons. The highest BCUT2D eigenvalue weighted by atomic mass is 16.2. The number of amides is 2. The highest BCUT2D eigenvalue weighted by Crippen LogP contribution is 2.02. The second-order valence-electron chi connectivity index (χ2n) is 3.87. The van der Waals surface area contributed by atoms with E-state index in [9.17, 15) is 9.59 Å². The summed E-state index contributed by atoms with van der Waals surface area (Å²) in [4.78, 5) is 24.3. The quantitative estimate of drug-likeness (QED) is 0.831. The van der Waals surface area contributed by atoms with Gasteiger partial charge in [-0.3, -0.25) is 9.59 Å². The molecule has 17 heavy (non-hydrogen) atoms. The number of carbonyl (C=O) groups excluding carboxylic acids is 2. The van der Waals surface area contributed by atoms with E-state index in [0.29, 0.717) is 13.0 Å². The van der Waals surface area contributed by atoms with Gasteiger partial charge < -0.3 is 10.2 Å². The summed E-state index contributed by atoms with van der Waals surface area (Å²) in [5.74, 6) is -0.192. The lowest BCUT2D eigenvalue weighted by Crippen LogP contribution is -2.37. The topological polar surface area (TPSA) is 49.4 Å². The molecule has 4 nitrogen and oxygen atoms in total. The van der Waals surface area contributed by atoms with E-state index in [4.69, 9.17) is 0 Å². The number of nitrogens with zero attached hydrogens (tertiary/aromatic N) is 1. The molecular formula is C13H18N2O2. The Morgan fingerprint density at radius 1 is 1.24 bits per heavy atom. The molecule has 0 unspecified atom stereocenters. The summed E-state index contributed by atoms with van der Waals surface area (Å²) < 4.78 is 0. The van der Waals surface area contributed by atoms with Crippen molar-refractivity contribution in [3.63, 3.8) is 0 Å². The Kier molecular flexibility index (Phi) is 5.20. The third-order valence-electron chi connectivity index (χ3n) is 2.45. The lowest BCUT2D eigenvalue weighted by atomic mass is 10.2. The molecule has 0 saturated heterocycles. The average Bonchev–Trinajstić information content (AvgIpc) is 2.36. The second-order valence-corrected chi connectivity index (χ2v) is 3.87. The molecule has 2 amide bonds. The Labute approximate surface area is 102 Å². The predicted molar refractivity (Wildman–Crippen MR) is 66.2 cm³/mol. The summed E-state index contributed by atoms with van der Waals surface area (Å²) in [5, 5.41) is 2.57. The van der Waals surface area contributed by atoms with Gasteiger partial charge in [-0.15, -0.1) is 0 Å². The lowest BCUT2D eigenvalue weighted by Gasteiger charge is -2.17. The minimum Gasteiger partial charge on any atom is -0.347 e. The molecule has 0 spiro atoms. The SMILES string of the molecule is CCC(=O)NCC(=O)N(C)Cc1ccccc1. The highest BCUT2D eigenvalue weighted by Gasteiger charge is 2.09. The van der Waals surface area contributed by atoms with Gasteiger partial charge in [-0.25, -0.2) is 0 Å². The van der Waals surface area contributed by atoms with Gasteiger partial charge in [0.1, 0.15) is 0 Å². The molecule has 1 rings (SSSR count). The first-order valence-electron chi connectivity index (χ1n) is 5.68. The van der Waals surface area contributed by atoms with Crippen molar-refractivity contribution in [2.24, 2.45) is 0 Å². The maximum Gasteiger partial charge on any atom is 0.242 e. The summed E-state index contributed by atoms with van der Waals surface area (Å²) in [7, 11) is 1.73. The summed E-state index contributed by atoms with van der Waals surface area (Å²) in [6, 6.07) is 9.74. The largest absolute Gasteiger partial charge is 0.347 e. The smallest absolute Gasteiger partial charge is 0.242 e. The molecule has 0 bridgehead atoms. The molecule has 0 aliphatic heterocycles. The number of benzene rings is 1. The second kappa shape index (κ2) is 6.68. The van der Waals surface area contributed by atoms with Crippen LogP contribution in [0.5, 0.6) is 0 Å². The fraction of sp³-hybridized carbons (Fsp3) is 0.385. The van der Waals surface area contributed by atoms with Gasteiger partial charge in [0.2, 0.25) is 11.8 Å². The zero-order valence-electron chi connectivity index (χ0n) is 10.3. The van der Waals surface area contributed by atoms with E-state index in [1.165, 1.54) is 0 Å². The van der Waals surface area contributed by atoms with Crippen molar-refractivity contribution >= 4 is 11.8 Å². The van der Waals surface area contributed by atoms with E-state index in [-0.39, 0.29) is 18.4 Å². The van der Waals surface area contributed by atoms with Crippen LogP contribution in [0.25, 0.3) is 0 Å². The molecule has 0 atom stereocenters. The van der Waals surface area contributed by atoms with E-state index in [1.807, 2.05) is 30.3 Å². The summed E-state index contributed by atoms with van der Waals surface area (Å²) in [5.41, 5.74) is 1.07. The van der Waals surface area contributed by atoms with Gasteiger partial charge in [0.25, 0.3) is 0 Å². The first-order chi connectivity index (χ1) is 8.13. The van der Waals surface area contributed by atoms with Crippen molar-refractivity contribution in [2.45, 2.75) is 19.9 Å². The molecule has 1 aromatic carbocycles. The molecule has 0 fully saturated rings. The van der Waals surface area contributed by atoms with Crippen molar-refractivity contribution in [1.82, 2.24) is 10.2 Å². The van der Waals surface area contributed by atoms with Gasteiger partial charge in [0, 0.05) is 20.0 Å². The number of hydrogen-bond donors (Lipinski definition) is 1. The van der Waals surface area contributed by atoms with Crippen LogP contribution in [0.15, 0.2) is 30.3 Å². The highest BCUT2D eigenvalue weighted by molar-refractivity contribution is 5.84. The van der Waals surface area contributed by atoms with Gasteiger partial charge in [-0.1, -0.05) is 37.3 Å². The number of nitrogens with one attached hydrogen (secondary N) is 1. The summed E-state index contributed by atoms with van der Waals surface area (Å²) >= 11 is 0. The van der Waals surface area contributed by atoms with Crippen LogP contribution in [0.1, 0.15) is 18.9 Å². The van der Waals surface area contributed by atoms with Crippen LogP contribution in [-0.2, 0) is 16.1 Å². The van der Waals surface area contributed by atoms with Crippen LogP contribution in [-0.4, -0.2) is 30.3 Å². The normalized spacial score (nSPS) is 9.76. The third-order valence-corrected chi connectivity index (χ3v) is 2.45. The van der Waals surface area contributed by atoms with E-state index >= 15 is 0 Å². The zero-order chi connectivity index (χ0) is 12.7. The Balaban J connectivity index is 2.40.